The molecule has 0 fully saturated rings. The predicted molar refractivity (Wildman–Crippen MR) is 68.6 cm³/mol. The van der Waals surface area contributed by atoms with Gasteiger partial charge < -0.3 is 10.5 Å². The standard InChI is InChI=1S/C14H23NO/c1-4-7-11(2)10-13(15)12-8-5-6-9-14(12)16-3/h5-6,8-9,11,13H,4,7,10,15H2,1-3H3. The molecule has 2 N–H and O–H groups in total. The van der Waals surface area contributed by atoms with Crippen LogP contribution in [0.4, 0.5) is 0 Å². The molecule has 0 aliphatic carbocycles. The quantitative estimate of drug-likeness (QED) is 0.797. The first-order chi connectivity index (χ1) is 7.69. The molecule has 0 amide bonds. The van der Waals surface area contributed by atoms with Gasteiger partial charge in [-0.1, -0.05) is 44.9 Å². The van der Waals surface area contributed by atoms with Crippen LogP contribution in [0.3, 0.4) is 0 Å². The summed E-state index contributed by atoms with van der Waals surface area (Å²) in [5.41, 5.74) is 7.34. The molecule has 0 aliphatic rings. The highest BCUT2D eigenvalue weighted by atomic mass is 16.5. The van der Waals surface area contributed by atoms with Gasteiger partial charge in [-0.05, 0) is 18.4 Å². The Morgan fingerprint density at radius 3 is 2.62 bits per heavy atom. The number of hydrogen-bond acceptors (Lipinski definition) is 2. The molecule has 0 bridgehead atoms. The van der Waals surface area contributed by atoms with Gasteiger partial charge in [0.25, 0.3) is 0 Å². The zero-order chi connectivity index (χ0) is 12.0. The van der Waals surface area contributed by atoms with Crippen molar-refractivity contribution in [1.29, 1.82) is 0 Å². The molecule has 1 aromatic carbocycles. The smallest absolute Gasteiger partial charge is 0.123 e. The van der Waals surface area contributed by atoms with Crippen molar-refractivity contribution in [3.05, 3.63) is 29.8 Å². The number of ether oxygens (including phenoxy) is 1. The van der Waals surface area contributed by atoms with Crippen LogP contribution < -0.4 is 10.5 Å². The second-order valence-electron chi connectivity index (χ2n) is 4.48. The van der Waals surface area contributed by atoms with E-state index in [-0.39, 0.29) is 6.04 Å². The van der Waals surface area contributed by atoms with Crippen LogP contribution in [0.15, 0.2) is 24.3 Å². The molecule has 0 spiro atoms. The molecule has 2 heteroatoms. The first-order valence-electron chi connectivity index (χ1n) is 6.07. The summed E-state index contributed by atoms with van der Waals surface area (Å²) < 4.78 is 5.33. The monoisotopic (exact) mass is 221 g/mol. The molecule has 0 aromatic heterocycles. The van der Waals surface area contributed by atoms with E-state index in [1.807, 2.05) is 18.2 Å². The highest BCUT2D eigenvalue weighted by molar-refractivity contribution is 5.35. The van der Waals surface area contributed by atoms with E-state index in [4.69, 9.17) is 10.5 Å². The Labute approximate surface area is 98.8 Å². The van der Waals surface area contributed by atoms with E-state index in [2.05, 4.69) is 19.9 Å². The largest absolute Gasteiger partial charge is 0.496 e. The van der Waals surface area contributed by atoms with E-state index in [1.165, 1.54) is 12.8 Å². The van der Waals surface area contributed by atoms with Crippen LogP contribution in [0, 0.1) is 5.92 Å². The third-order valence-corrected chi connectivity index (χ3v) is 2.98. The highest BCUT2D eigenvalue weighted by Gasteiger charge is 2.14. The molecule has 0 saturated carbocycles. The van der Waals surface area contributed by atoms with Gasteiger partial charge in [0, 0.05) is 11.6 Å². The third-order valence-electron chi connectivity index (χ3n) is 2.98. The van der Waals surface area contributed by atoms with Crippen LogP contribution in [0.5, 0.6) is 5.75 Å². The Hall–Kier alpha value is -1.02. The van der Waals surface area contributed by atoms with E-state index >= 15 is 0 Å². The number of hydrogen-bond donors (Lipinski definition) is 1. The fraction of sp³-hybridized carbons (Fsp3) is 0.571. The molecule has 0 heterocycles. The first kappa shape index (κ1) is 13.0. The van der Waals surface area contributed by atoms with Crippen LogP contribution in [-0.4, -0.2) is 7.11 Å². The van der Waals surface area contributed by atoms with E-state index in [0.29, 0.717) is 5.92 Å². The van der Waals surface area contributed by atoms with Crippen molar-refractivity contribution in [2.75, 3.05) is 7.11 Å². The average Bonchev–Trinajstić information content (AvgIpc) is 2.29. The molecule has 1 aromatic rings. The summed E-state index contributed by atoms with van der Waals surface area (Å²) in [6.07, 6.45) is 3.48. The SMILES string of the molecule is CCCC(C)CC(N)c1ccccc1OC. The molecular formula is C14H23NO. The molecule has 16 heavy (non-hydrogen) atoms. The fourth-order valence-corrected chi connectivity index (χ4v) is 2.14. The van der Waals surface area contributed by atoms with Crippen molar-refractivity contribution in [2.45, 2.75) is 39.2 Å². The van der Waals surface area contributed by atoms with Crippen molar-refractivity contribution in [2.24, 2.45) is 11.7 Å². The maximum absolute atomic E-state index is 6.22. The van der Waals surface area contributed by atoms with Crippen molar-refractivity contribution < 1.29 is 4.74 Å². The highest BCUT2D eigenvalue weighted by Crippen LogP contribution is 2.28. The van der Waals surface area contributed by atoms with Crippen molar-refractivity contribution in [3.63, 3.8) is 0 Å². The Balaban J connectivity index is 2.68. The van der Waals surface area contributed by atoms with E-state index < -0.39 is 0 Å². The molecule has 2 nitrogen and oxygen atoms in total. The average molecular weight is 221 g/mol. The topological polar surface area (TPSA) is 35.2 Å². The van der Waals surface area contributed by atoms with Gasteiger partial charge in [0.05, 0.1) is 7.11 Å². The minimum Gasteiger partial charge on any atom is -0.496 e. The van der Waals surface area contributed by atoms with Crippen LogP contribution in [0.25, 0.3) is 0 Å². The molecule has 2 unspecified atom stereocenters. The fourth-order valence-electron chi connectivity index (χ4n) is 2.14. The van der Waals surface area contributed by atoms with E-state index in [0.717, 1.165) is 17.7 Å². The summed E-state index contributed by atoms with van der Waals surface area (Å²) in [7, 11) is 1.70. The molecule has 2 atom stereocenters. The lowest BCUT2D eigenvalue weighted by Crippen LogP contribution is -2.15. The zero-order valence-corrected chi connectivity index (χ0v) is 10.6. The van der Waals surface area contributed by atoms with Crippen molar-refractivity contribution in [3.8, 4) is 5.75 Å². The second kappa shape index (κ2) is 6.54. The molecule has 1 rings (SSSR count). The maximum Gasteiger partial charge on any atom is 0.123 e. The summed E-state index contributed by atoms with van der Waals surface area (Å²) in [6, 6.07) is 8.10. The number of methoxy groups -OCH3 is 1. The lowest BCUT2D eigenvalue weighted by atomic mass is 9.93. The number of nitrogens with two attached hydrogens (primary N) is 1. The Kier molecular flexibility index (Phi) is 5.33. The van der Waals surface area contributed by atoms with Crippen molar-refractivity contribution in [1.82, 2.24) is 0 Å². The summed E-state index contributed by atoms with van der Waals surface area (Å²) in [6.45, 7) is 4.48. The van der Waals surface area contributed by atoms with Gasteiger partial charge in [-0.3, -0.25) is 0 Å². The second-order valence-corrected chi connectivity index (χ2v) is 4.48. The Bertz CT molecular complexity index is 311. The van der Waals surface area contributed by atoms with E-state index in [1.54, 1.807) is 7.11 Å². The lowest BCUT2D eigenvalue weighted by molar-refractivity contribution is 0.392. The summed E-state index contributed by atoms with van der Waals surface area (Å²) >= 11 is 0. The van der Waals surface area contributed by atoms with Gasteiger partial charge in [-0.15, -0.1) is 0 Å². The van der Waals surface area contributed by atoms with Crippen LogP contribution in [-0.2, 0) is 0 Å². The molecule has 90 valence electrons. The molecular weight excluding hydrogens is 198 g/mol. The van der Waals surface area contributed by atoms with E-state index in [9.17, 15) is 0 Å². The molecule has 0 saturated heterocycles. The minimum atomic E-state index is 0.0812. The normalized spacial score (nSPS) is 14.5. The number of rotatable bonds is 6. The minimum absolute atomic E-state index is 0.0812. The van der Waals surface area contributed by atoms with Crippen molar-refractivity contribution >= 4 is 0 Å². The Morgan fingerprint density at radius 1 is 1.31 bits per heavy atom. The molecule has 0 aliphatic heterocycles. The zero-order valence-electron chi connectivity index (χ0n) is 10.6. The van der Waals surface area contributed by atoms with Gasteiger partial charge in [0.2, 0.25) is 0 Å². The van der Waals surface area contributed by atoms with Crippen LogP contribution in [0.2, 0.25) is 0 Å². The maximum atomic E-state index is 6.22. The van der Waals surface area contributed by atoms with Gasteiger partial charge in [0.1, 0.15) is 5.75 Å². The lowest BCUT2D eigenvalue weighted by Gasteiger charge is -2.19. The summed E-state index contributed by atoms with van der Waals surface area (Å²) in [4.78, 5) is 0. The number of benzene rings is 1. The summed E-state index contributed by atoms with van der Waals surface area (Å²) in [5.74, 6) is 1.57. The van der Waals surface area contributed by atoms with Gasteiger partial charge in [0.15, 0.2) is 0 Å². The predicted octanol–water partition coefficient (Wildman–Crippen LogP) is 3.52. The molecule has 0 radical (unpaired) electrons. The van der Waals surface area contributed by atoms with Gasteiger partial charge >= 0.3 is 0 Å². The van der Waals surface area contributed by atoms with Crippen LogP contribution in [0.1, 0.15) is 44.7 Å². The van der Waals surface area contributed by atoms with Gasteiger partial charge in [-0.25, -0.2) is 0 Å². The summed E-state index contributed by atoms with van der Waals surface area (Å²) in [5, 5.41) is 0. The van der Waals surface area contributed by atoms with Gasteiger partial charge in [-0.2, -0.15) is 0 Å². The third kappa shape index (κ3) is 3.53. The Morgan fingerprint density at radius 2 is 2.00 bits per heavy atom. The van der Waals surface area contributed by atoms with Crippen LogP contribution >= 0.6 is 0 Å². The first-order valence-corrected chi connectivity index (χ1v) is 6.07. The number of para-hydroxylation sites is 1.